The van der Waals surface area contributed by atoms with E-state index in [1.165, 1.54) is 16.7 Å². The van der Waals surface area contributed by atoms with Crippen molar-refractivity contribution in [2.75, 3.05) is 7.11 Å². The summed E-state index contributed by atoms with van der Waals surface area (Å²) in [5, 5.41) is 22.1. The fourth-order valence-corrected chi connectivity index (χ4v) is 7.09. The van der Waals surface area contributed by atoms with Gasteiger partial charge >= 0.3 is 0 Å². The minimum Gasteiger partial charge on any atom is -0.504 e. The van der Waals surface area contributed by atoms with Gasteiger partial charge < -0.3 is 14.9 Å². The summed E-state index contributed by atoms with van der Waals surface area (Å²) in [5.74, 6) is 2.53. The molecule has 3 aliphatic rings. The number of phenols is 1. The first kappa shape index (κ1) is 19.0. The third-order valence-electron chi connectivity index (χ3n) is 8.69. The van der Waals surface area contributed by atoms with Gasteiger partial charge in [-0.2, -0.15) is 0 Å². The predicted octanol–water partition coefficient (Wildman–Crippen LogP) is 5.23. The highest BCUT2D eigenvalue weighted by molar-refractivity contribution is 5.49. The molecule has 2 aromatic carbocycles. The molecule has 2 saturated carbocycles. The molecular formula is C26H32O3. The average Bonchev–Trinajstić information content (AvgIpc) is 2.98. The van der Waals surface area contributed by atoms with Crippen molar-refractivity contribution in [2.24, 2.45) is 17.3 Å². The van der Waals surface area contributed by atoms with E-state index in [-0.39, 0.29) is 11.2 Å². The first-order valence-corrected chi connectivity index (χ1v) is 11.1. The Bertz CT molecular complexity index is 908. The van der Waals surface area contributed by atoms with Crippen LogP contribution in [0.15, 0.2) is 42.5 Å². The highest BCUT2D eigenvalue weighted by Gasteiger charge is 2.61. The van der Waals surface area contributed by atoms with Gasteiger partial charge in [-0.1, -0.05) is 37.3 Å². The number of benzene rings is 2. The van der Waals surface area contributed by atoms with Gasteiger partial charge in [0.2, 0.25) is 0 Å². The smallest absolute Gasteiger partial charge is 0.160 e. The molecule has 3 heteroatoms. The van der Waals surface area contributed by atoms with Crippen LogP contribution in [-0.2, 0) is 12.8 Å². The van der Waals surface area contributed by atoms with Crippen LogP contribution in [0, 0.1) is 17.3 Å². The Balaban J connectivity index is 1.46. The molecule has 154 valence electrons. The van der Waals surface area contributed by atoms with Gasteiger partial charge in [0.05, 0.1) is 12.7 Å². The molecule has 0 saturated heterocycles. The lowest BCUT2D eigenvalue weighted by molar-refractivity contribution is -0.102. The molecule has 0 aliphatic heterocycles. The van der Waals surface area contributed by atoms with E-state index in [9.17, 15) is 10.2 Å². The molecule has 2 aromatic rings. The second-order valence-electron chi connectivity index (χ2n) is 9.83. The van der Waals surface area contributed by atoms with Crippen molar-refractivity contribution < 1.29 is 14.9 Å². The Morgan fingerprint density at radius 1 is 1.07 bits per heavy atom. The van der Waals surface area contributed by atoms with E-state index in [1.807, 2.05) is 12.1 Å². The summed E-state index contributed by atoms with van der Waals surface area (Å²) in [6, 6.07) is 14.5. The second kappa shape index (κ2) is 6.77. The summed E-state index contributed by atoms with van der Waals surface area (Å²) in [6.45, 7) is 2.36. The number of phenolic OH excluding ortho intramolecular Hbond substituents is 1. The van der Waals surface area contributed by atoms with Crippen LogP contribution < -0.4 is 4.74 Å². The van der Waals surface area contributed by atoms with Crippen LogP contribution in [0.25, 0.3) is 0 Å². The molecule has 0 heterocycles. The summed E-state index contributed by atoms with van der Waals surface area (Å²) >= 11 is 0. The van der Waals surface area contributed by atoms with E-state index in [4.69, 9.17) is 4.74 Å². The van der Waals surface area contributed by atoms with Gasteiger partial charge in [0.25, 0.3) is 0 Å². The topological polar surface area (TPSA) is 49.7 Å². The fraction of sp³-hybridized carbons (Fsp3) is 0.538. The maximum Gasteiger partial charge on any atom is 0.160 e. The highest BCUT2D eigenvalue weighted by Crippen LogP contribution is 2.65. The van der Waals surface area contributed by atoms with Crippen LogP contribution in [0.3, 0.4) is 0 Å². The molecule has 0 unspecified atom stereocenters. The number of aliphatic hydroxyl groups is 1. The standard InChI is InChI=1S/C26H32O3/c1-25-12-10-19-20(9-8-18-14-23(27)24(29-2)15-21(18)19)22(25)11-13-26(25,28)16-17-6-4-3-5-7-17/h3-7,14-15,19-20,22,27-28H,8-13,16H2,1-2H3/t19-,20+,22-,25-,26+/m0/s1. The van der Waals surface area contributed by atoms with Gasteiger partial charge in [-0.25, -0.2) is 0 Å². The zero-order valence-corrected chi connectivity index (χ0v) is 17.5. The van der Waals surface area contributed by atoms with Crippen molar-refractivity contribution in [3.63, 3.8) is 0 Å². The van der Waals surface area contributed by atoms with Crippen LogP contribution in [0.5, 0.6) is 11.5 Å². The lowest BCUT2D eigenvalue weighted by Crippen LogP contribution is -2.51. The maximum atomic E-state index is 11.9. The number of methoxy groups -OCH3 is 1. The van der Waals surface area contributed by atoms with Crippen molar-refractivity contribution in [3.8, 4) is 11.5 Å². The Hall–Kier alpha value is -2.00. The Labute approximate surface area is 173 Å². The molecule has 0 amide bonds. The molecule has 2 N–H and O–H groups in total. The van der Waals surface area contributed by atoms with Crippen LogP contribution in [0.4, 0.5) is 0 Å². The van der Waals surface area contributed by atoms with E-state index in [2.05, 4.69) is 37.3 Å². The molecule has 3 nitrogen and oxygen atoms in total. The van der Waals surface area contributed by atoms with Crippen molar-refractivity contribution in [1.82, 2.24) is 0 Å². The number of hydrogen-bond donors (Lipinski definition) is 2. The summed E-state index contributed by atoms with van der Waals surface area (Å²) in [7, 11) is 1.63. The van der Waals surface area contributed by atoms with E-state index in [0.29, 0.717) is 23.5 Å². The van der Waals surface area contributed by atoms with Crippen molar-refractivity contribution in [3.05, 3.63) is 59.2 Å². The van der Waals surface area contributed by atoms with Gasteiger partial charge in [-0.3, -0.25) is 0 Å². The monoisotopic (exact) mass is 392 g/mol. The summed E-state index contributed by atoms with van der Waals surface area (Å²) in [6.07, 6.45) is 7.11. The third-order valence-corrected chi connectivity index (χ3v) is 8.69. The number of ether oxygens (including phenoxy) is 1. The lowest BCUT2D eigenvalue weighted by atomic mass is 9.52. The molecule has 3 aliphatic carbocycles. The quantitative estimate of drug-likeness (QED) is 0.752. The SMILES string of the molecule is COc1cc2c(cc1O)CC[C@@H]1[C@@H]2CC[C@@]2(C)[C@H]1CC[C@@]2(O)Cc1ccccc1. The van der Waals surface area contributed by atoms with Gasteiger partial charge in [0.15, 0.2) is 11.5 Å². The minimum atomic E-state index is -0.614. The molecule has 0 bridgehead atoms. The molecule has 0 aromatic heterocycles. The summed E-state index contributed by atoms with van der Waals surface area (Å²) in [4.78, 5) is 0. The minimum absolute atomic E-state index is 0.0253. The average molecular weight is 393 g/mol. The molecule has 5 rings (SSSR count). The fourth-order valence-electron chi connectivity index (χ4n) is 7.09. The maximum absolute atomic E-state index is 11.9. The van der Waals surface area contributed by atoms with E-state index >= 15 is 0 Å². The number of aromatic hydroxyl groups is 1. The summed E-state index contributed by atoms with van der Waals surface area (Å²) in [5.41, 5.74) is 3.26. The van der Waals surface area contributed by atoms with Gasteiger partial charge in [-0.15, -0.1) is 0 Å². The Kier molecular flexibility index (Phi) is 4.43. The molecular weight excluding hydrogens is 360 g/mol. The van der Waals surface area contributed by atoms with Crippen LogP contribution in [-0.4, -0.2) is 22.9 Å². The Morgan fingerprint density at radius 3 is 2.62 bits per heavy atom. The van der Waals surface area contributed by atoms with Crippen LogP contribution in [0.2, 0.25) is 0 Å². The van der Waals surface area contributed by atoms with Crippen LogP contribution in [0.1, 0.15) is 61.6 Å². The number of hydrogen-bond acceptors (Lipinski definition) is 3. The highest BCUT2D eigenvalue weighted by atomic mass is 16.5. The van der Waals surface area contributed by atoms with Crippen molar-refractivity contribution >= 4 is 0 Å². The third kappa shape index (κ3) is 2.81. The van der Waals surface area contributed by atoms with E-state index in [0.717, 1.165) is 44.9 Å². The number of fused-ring (bicyclic) bond motifs is 5. The van der Waals surface area contributed by atoms with Gasteiger partial charge in [-0.05, 0) is 90.5 Å². The normalized spacial score (nSPS) is 35.5. The zero-order valence-electron chi connectivity index (χ0n) is 17.5. The largest absolute Gasteiger partial charge is 0.504 e. The van der Waals surface area contributed by atoms with Crippen molar-refractivity contribution in [1.29, 1.82) is 0 Å². The number of aryl methyl sites for hydroxylation is 1. The molecule has 5 atom stereocenters. The molecule has 0 spiro atoms. The van der Waals surface area contributed by atoms with Crippen LogP contribution >= 0.6 is 0 Å². The molecule has 29 heavy (non-hydrogen) atoms. The second-order valence-corrected chi connectivity index (χ2v) is 9.83. The van der Waals surface area contributed by atoms with Crippen molar-refractivity contribution in [2.45, 2.75) is 63.4 Å². The lowest BCUT2D eigenvalue weighted by Gasteiger charge is -2.53. The number of rotatable bonds is 3. The molecule has 2 fully saturated rings. The van der Waals surface area contributed by atoms with Gasteiger partial charge in [0.1, 0.15) is 0 Å². The van der Waals surface area contributed by atoms with E-state index in [1.54, 1.807) is 7.11 Å². The Morgan fingerprint density at radius 2 is 1.86 bits per heavy atom. The first-order chi connectivity index (χ1) is 13.9. The predicted molar refractivity (Wildman–Crippen MR) is 114 cm³/mol. The summed E-state index contributed by atoms with van der Waals surface area (Å²) < 4.78 is 5.41. The van der Waals surface area contributed by atoms with Gasteiger partial charge in [0, 0.05) is 6.42 Å². The first-order valence-electron chi connectivity index (χ1n) is 11.1. The zero-order chi connectivity index (χ0) is 20.2. The molecule has 0 radical (unpaired) electrons. The van der Waals surface area contributed by atoms with E-state index < -0.39 is 5.60 Å².